The zero-order valence-electron chi connectivity index (χ0n) is 10.6. The van der Waals surface area contributed by atoms with E-state index in [4.69, 9.17) is 0 Å². The van der Waals surface area contributed by atoms with Crippen molar-refractivity contribution in [2.45, 2.75) is 27.7 Å². The fourth-order valence-electron chi connectivity index (χ4n) is 1.55. The second-order valence-corrected chi connectivity index (χ2v) is 7.11. The summed E-state index contributed by atoms with van der Waals surface area (Å²) in [6, 6.07) is 4.88. The minimum atomic E-state index is -3.45. The number of hydrogen-bond donors (Lipinski definition) is 2. The predicted molar refractivity (Wildman–Crippen MR) is 69.7 cm³/mol. The minimum absolute atomic E-state index is 0.00771. The Morgan fingerprint density at radius 2 is 1.88 bits per heavy atom. The minimum Gasteiger partial charge on any atom is -0.506 e. The number of benzene rings is 1. The van der Waals surface area contributed by atoms with Gasteiger partial charge in [0, 0.05) is 0 Å². The second kappa shape index (κ2) is 4.56. The van der Waals surface area contributed by atoms with Crippen LogP contribution in [-0.4, -0.2) is 19.3 Å². The third kappa shape index (κ3) is 4.26. The van der Waals surface area contributed by atoms with Crippen molar-refractivity contribution in [2.24, 2.45) is 5.41 Å². The average molecular weight is 257 g/mol. The normalized spacial score (nSPS) is 12.5. The molecule has 1 rings (SSSR count). The first-order valence-electron chi connectivity index (χ1n) is 5.40. The molecule has 0 saturated heterocycles. The first-order valence-corrected chi connectivity index (χ1v) is 7.05. The topological polar surface area (TPSA) is 66.4 Å². The molecule has 0 amide bonds. The largest absolute Gasteiger partial charge is 0.506 e. The molecule has 0 unspecified atom stereocenters. The summed E-state index contributed by atoms with van der Waals surface area (Å²) in [5.74, 6) is -0.0455. The Balaban J connectivity index is 2.99. The molecule has 5 heteroatoms. The highest BCUT2D eigenvalue weighted by Gasteiger charge is 2.22. The maximum Gasteiger partial charge on any atom is 0.233 e. The zero-order valence-corrected chi connectivity index (χ0v) is 11.4. The van der Waals surface area contributed by atoms with Crippen molar-refractivity contribution in [3.8, 4) is 5.75 Å². The molecule has 0 bridgehead atoms. The molecule has 0 saturated carbocycles. The Kier molecular flexibility index (Phi) is 3.71. The van der Waals surface area contributed by atoms with E-state index < -0.39 is 10.0 Å². The number of aryl methyl sites for hydroxylation is 1. The predicted octanol–water partition coefficient (Wildman–Crippen LogP) is 2.49. The average Bonchev–Trinajstić information content (AvgIpc) is 2.07. The van der Waals surface area contributed by atoms with E-state index in [1.54, 1.807) is 19.1 Å². The van der Waals surface area contributed by atoms with Gasteiger partial charge in [-0.3, -0.25) is 4.72 Å². The fourth-order valence-corrected chi connectivity index (χ4v) is 3.34. The summed E-state index contributed by atoms with van der Waals surface area (Å²) in [5.41, 5.74) is 0.628. The van der Waals surface area contributed by atoms with Gasteiger partial charge in [0.15, 0.2) is 0 Å². The van der Waals surface area contributed by atoms with Crippen molar-refractivity contribution < 1.29 is 13.5 Å². The van der Waals surface area contributed by atoms with Crippen LogP contribution in [0.1, 0.15) is 26.3 Å². The Morgan fingerprint density at radius 3 is 2.35 bits per heavy atom. The molecule has 1 aromatic carbocycles. The Labute approximate surface area is 103 Å². The molecule has 0 spiro atoms. The van der Waals surface area contributed by atoms with E-state index in [1.165, 1.54) is 6.07 Å². The van der Waals surface area contributed by atoms with Crippen molar-refractivity contribution in [3.05, 3.63) is 23.8 Å². The van der Waals surface area contributed by atoms with Gasteiger partial charge < -0.3 is 5.11 Å². The van der Waals surface area contributed by atoms with Crippen molar-refractivity contribution in [1.29, 1.82) is 0 Å². The highest BCUT2D eigenvalue weighted by Crippen LogP contribution is 2.28. The lowest BCUT2D eigenvalue weighted by molar-refractivity contribution is 0.462. The SMILES string of the molecule is Cc1cccc(O)c1NS(=O)(=O)CC(C)(C)C. The number of rotatable bonds is 3. The molecule has 4 nitrogen and oxygen atoms in total. The molecule has 96 valence electrons. The van der Waals surface area contributed by atoms with Gasteiger partial charge in [0.25, 0.3) is 0 Å². The molecule has 0 heterocycles. The van der Waals surface area contributed by atoms with E-state index in [9.17, 15) is 13.5 Å². The van der Waals surface area contributed by atoms with Crippen LogP contribution in [-0.2, 0) is 10.0 Å². The summed E-state index contributed by atoms with van der Waals surface area (Å²) in [7, 11) is -3.45. The van der Waals surface area contributed by atoms with Crippen molar-refractivity contribution >= 4 is 15.7 Å². The van der Waals surface area contributed by atoms with Crippen LogP contribution in [0.15, 0.2) is 18.2 Å². The molecular weight excluding hydrogens is 238 g/mol. The van der Waals surface area contributed by atoms with Gasteiger partial charge >= 0.3 is 0 Å². The lowest BCUT2D eigenvalue weighted by atomic mass is 10.0. The van der Waals surface area contributed by atoms with E-state index >= 15 is 0 Å². The third-order valence-electron chi connectivity index (χ3n) is 2.13. The summed E-state index contributed by atoms with van der Waals surface area (Å²) in [5, 5.41) is 9.63. The number of phenols is 1. The van der Waals surface area contributed by atoms with E-state index in [-0.39, 0.29) is 22.6 Å². The maximum atomic E-state index is 11.9. The van der Waals surface area contributed by atoms with Crippen LogP contribution in [0.5, 0.6) is 5.75 Å². The van der Waals surface area contributed by atoms with Gasteiger partial charge in [0.05, 0.1) is 11.4 Å². The van der Waals surface area contributed by atoms with E-state index in [0.717, 1.165) is 0 Å². The van der Waals surface area contributed by atoms with Gasteiger partial charge in [-0.25, -0.2) is 8.42 Å². The van der Waals surface area contributed by atoms with Crippen LogP contribution >= 0.6 is 0 Å². The fraction of sp³-hybridized carbons (Fsp3) is 0.500. The molecule has 0 radical (unpaired) electrons. The van der Waals surface area contributed by atoms with Gasteiger partial charge in [-0.05, 0) is 24.0 Å². The molecule has 2 N–H and O–H groups in total. The molecule has 0 aliphatic carbocycles. The Bertz CT molecular complexity index is 481. The Morgan fingerprint density at radius 1 is 1.29 bits per heavy atom. The zero-order chi connectivity index (χ0) is 13.3. The quantitative estimate of drug-likeness (QED) is 0.817. The number of phenolic OH excluding ortho intramolecular Hbond substituents is 1. The second-order valence-electron chi connectivity index (χ2n) is 5.39. The molecule has 0 atom stereocenters. The number of hydrogen-bond acceptors (Lipinski definition) is 3. The molecular formula is C12H19NO3S. The summed E-state index contributed by atoms with van der Waals surface area (Å²) >= 11 is 0. The summed E-state index contributed by atoms with van der Waals surface area (Å²) in [6.07, 6.45) is 0. The van der Waals surface area contributed by atoms with Crippen LogP contribution in [0.2, 0.25) is 0 Å². The lowest BCUT2D eigenvalue weighted by Crippen LogP contribution is -2.26. The number of nitrogens with one attached hydrogen (secondary N) is 1. The van der Waals surface area contributed by atoms with Gasteiger partial charge in [-0.1, -0.05) is 32.9 Å². The van der Waals surface area contributed by atoms with Crippen molar-refractivity contribution in [2.75, 3.05) is 10.5 Å². The van der Waals surface area contributed by atoms with Crippen molar-refractivity contribution in [3.63, 3.8) is 0 Å². The molecule has 1 aromatic rings. The Hall–Kier alpha value is -1.23. The summed E-state index contributed by atoms with van der Waals surface area (Å²) in [4.78, 5) is 0. The number of aromatic hydroxyl groups is 1. The highest BCUT2D eigenvalue weighted by molar-refractivity contribution is 7.92. The highest BCUT2D eigenvalue weighted by atomic mass is 32.2. The number of sulfonamides is 1. The van der Waals surface area contributed by atoms with Crippen LogP contribution < -0.4 is 4.72 Å². The first kappa shape index (κ1) is 13.8. The molecule has 0 aliphatic rings. The molecule has 0 aliphatic heterocycles. The summed E-state index contributed by atoms with van der Waals surface area (Å²) < 4.78 is 26.2. The van der Waals surface area contributed by atoms with Gasteiger partial charge in [-0.2, -0.15) is 0 Å². The van der Waals surface area contributed by atoms with Gasteiger partial charge in [0.1, 0.15) is 5.75 Å². The molecule has 17 heavy (non-hydrogen) atoms. The smallest absolute Gasteiger partial charge is 0.233 e. The van der Waals surface area contributed by atoms with E-state index in [1.807, 2.05) is 20.8 Å². The number of anilines is 1. The standard InChI is InChI=1S/C12H19NO3S/c1-9-6-5-7-10(14)11(9)13-17(15,16)8-12(2,3)4/h5-7,13-14H,8H2,1-4H3. The van der Waals surface area contributed by atoms with Crippen LogP contribution in [0.4, 0.5) is 5.69 Å². The van der Waals surface area contributed by atoms with Gasteiger partial charge in [0.2, 0.25) is 10.0 Å². The number of para-hydroxylation sites is 1. The third-order valence-corrected chi connectivity index (χ3v) is 3.89. The lowest BCUT2D eigenvalue weighted by Gasteiger charge is -2.19. The van der Waals surface area contributed by atoms with Crippen LogP contribution in [0.25, 0.3) is 0 Å². The molecule has 0 fully saturated rings. The monoisotopic (exact) mass is 257 g/mol. The first-order chi connectivity index (χ1) is 7.61. The van der Waals surface area contributed by atoms with E-state index in [0.29, 0.717) is 5.56 Å². The summed E-state index contributed by atoms with van der Waals surface area (Å²) in [6.45, 7) is 7.30. The van der Waals surface area contributed by atoms with Crippen molar-refractivity contribution in [1.82, 2.24) is 0 Å². The van der Waals surface area contributed by atoms with E-state index in [2.05, 4.69) is 4.72 Å². The van der Waals surface area contributed by atoms with Crippen LogP contribution in [0, 0.1) is 12.3 Å². The van der Waals surface area contributed by atoms with Gasteiger partial charge in [-0.15, -0.1) is 0 Å². The maximum absolute atomic E-state index is 11.9. The molecule has 0 aromatic heterocycles. The van der Waals surface area contributed by atoms with Crippen LogP contribution in [0.3, 0.4) is 0 Å².